The SMILES string of the molecule is CCOC(=O)C=CC=COC(=O)N1CCCCC1. The molecule has 5 heteroatoms. The molecular weight excluding hydrogens is 234 g/mol. The lowest BCUT2D eigenvalue weighted by atomic mass is 10.1. The van der Waals surface area contributed by atoms with E-state index in [1.165, 1.54) is 30.9 Å². The van der Waals surface area contributed by atoms with Gasteiger partial charge in [0.2, 0.25) is 0 Å². The van der Waals surface area contributed by atoms with Crippen molar-refractivity contribution < 1.29 is 19.1 Å². The number of likely N-dealkylation sites (tertiary alicyclic amines) is 1. The molecule has 1 fully saturated rings. The third-order valence-corrected chi connectivity index (χ3v) is 2.49. The molecule has 5 nitrogen and oxygen atoms in total. The molecule has 1 rings (SSSR count). The zero-order chi connectivity index (χ0) is 13.2. The third-order valence-electron chi connectivity index (χ3n) is 2.49. The van der Waals surface area contributed by atoms with E-state index in [4.69, 9.17) is 4.74 Å². The minimum absolute atomic E-state index is 0.338. The van der Waals surface area contributed by atoms with Crippen LogP contribution < -0.4 is 0 Å². The Balaban J connectivity index is 2.22. The second kappa shape index (κ2) is 8.33. The summed E-state index contributed by atoms with van der Waals surface area (Å²) < 4.78 is 9.62. The molecule has 0 unspecified atom stereocenters. The highest BCUT2D eigenvalue weighted by molar-refractivity contribution is 5.82. The summed E-state index contributed by atoms with van der Waals surface area (Å²) in [7, 11) is 0. The largest absolute Gasteiger partial charge is 0.463 e. The van der Waals surface area contributed by atoms with E-state index in [1.54, 1.807) is 11.8 Å². The van der Waals surface area contributed by atoms with Crippen molar-refractivity contribution in [3.63, 3.8) is 0 Å². The Morgan fingerprint density at radius 1 is 1.17 bits per heavy atom. The highest BCUT2D eigenvalue weighted by atomic mass is 16.5. The molecule has 0 aromatic carbocycles. The van der Waals surface area contributed by atoms with Gasteiger partial charge in [0.25, 0.3) is 0 Å². The molecule has 0 N–H and O–H groups in total. The molecule has 0 saturated carbocycles. The number of amides is 1. The zero-order valence-electron chi connectivity index (χ0n) is 10.6. The van der Waals surface area contributed by atoms with Crippen molar-refractivity contribution in [2.24, 2.45) is 0 Å². The molecule has 0 aromatic rings. The van der Waals surface area contributed by atoms with E-state index in [-0.39, 0.29) is 6.09 Å². The summed E-state index contributed by atoms with van der Waals surface area (Å²) in [5.41, 5.74) is 0. The average Bonchev–Trinajstić information content (AvgIpc) is 2.39. The number of piperidine rings is 1. The van der Waals surface area contributed by atoms with Crippen molar-refractivity contribution >= 4 is 12.1 Å². The molecule has 1 aliphatic rings. The Morgan fingerprint density at radius 3 is 2.56 bits per heavy atom. The predicted molar refractivity (Wildman–Crippen MR) is 66.8 cm³/mol. The second-order valence-electron chi connectivity index (χ2n) is 3.87. The Morgan fingerprint density at radius 2 is 1.89 bits per heavy atom. The number of carbonyl (C=O) groups excluding carboxylic acids is 2. The van der Waals surface area contributed by atoms with Crippen LogP contribution in [0, 0.1) is 0 Å². The number of rotatable bonds is 4. The van der Waals surface area contributed by atoms with Gasteiger partial charge in [-0.1, -0.05) is 6.08 Å². The van der Waals surface area contributed by atoms with Crippen molar-refractivity contribution in [2.45, 2.75) is 26.2 Å². The molecule has 18 heavy (non-hydrogen) atoms. The normalized spacial score (nSPS) is 16.2. The van der Waals surface area contributed by atoms with Gasteiger partial charge >= 0.3 is 12.1 Å². The summed E-state index contributed by atoms with van der Waals surface area (Å²) in [6.45, 7) is 3.59. The number of esters is 1. The first-order valence-corrected chi connectivity index (χ1v) is 6.19. The fraction of sp³-hybridized carbons (Fsp3) is 0.538. The topological polar surface area (TPSA) is 55.8 Å². The van der Waals surface area contributed by atoms with Crippen LogP contribution in [0.1, 0.15) is 26.2 Å². The summed E-state index contributed by atoms with van der Waals surface area (Å²) in [5, 5.41) is 0. The molecular formula is C13H19NO4. The highest BCUT2D eigenvalue weighted by Gasteiger charge is 2.16. The van der Waals surface area contributed by atoms with Crippen molar-refractivity contribution in [1.82, 2.24) is 4.90 Å². The second-order valence-corrected chi connectivity index (χ2v) is 3.87. The first-order valence-electron chi connectivity index (χ1n) is 6.19. The van der Waals surface area contributed by atoms with Crippen molar-refractivity contribution in [3.05, 3.63) is 24.5 Å². The highest BCUT2D eigenvalue weighted by Crippen LogP contribution is 2.09. The van der Waals surface area contributed by atoms with Crippen LogP contribution in [0.4, 0.5) is 4.79 Å². The van der Waals surface area contributed by atoms with E-state index < -0.39 is 5.97 Å². The van der Waals surface area contributed by atoms with E-state index in [0.29, 0.717) is 6.61 Å². The fourth-order valence-electron chi connectivity index (χ4n) is 1.62. The van der Waals surface area contributed by atoms with E-state index in [9.17, 15) is 9.59 Å². The molecule has 0 atom stereocenters. The summed E-state index contributed by atoms with van der Waals surface area (Å²) in [6, 6.07) is 0. The van der Waals surface area contributed by atoms with Gasteiger partial charge in [0, 0.05) is 19.2 Å². The molecule has 0 aromatic heterocycles. The van der Waals surface area contributed by atoms with Crippen molar-refractivity contribution in [1.29, 1.82) is 0 Å². The molecule has 100 valence electrons. The van der Waals surface area contributed by atoms with Gasteiger partial charge in [0.15, 0.2) is 0 Å². The van der Waals surface area contributed by atoms with Gasteiger partial charge < -0.3 is 14.4 Å². The van der Waals surface area contributed by atoms with E-state index in [1.807, 2.05) is 0 Å². The summed E-state index contributed by atoms with van der Waals surface area (Å²) in [5.74, 6) is -0.412. The zero-order valence-corrected chi connectivity index (χ0v) is 10.6. The Bertz CT molecular complexity index is 330. The van der Waals surface area contributed by atoms with Gasteiger partial charge in [-0.15, -0.1) is 0 Å². The molecule has 0 bridgehead atoms. The standard InChI is InChI=1S/C13H19NO4/c1-2-17-12(15)8-4-7-11-18-13(16)14-9-5-3-6-10-14/h4,7-8,11H,2-3,5-6,9-10H2,1H3. The van der Waals surface area contributed by atoms with Gasteiger partial charge in [-0.2, -0.15) is 0 Å². The average molecular weight is 253 g/mol. The minimum Gasteiger partial charge on any atom is -0.463 e. The van der Waals surface area contributed by atoms with Crippen LogP contribution in [0.15, 0.2) is 24.5 Å². The van der Waals surface area contributed by atoms with E-state index >= 15 is 0 Å². The van der Waals surface area contributed by atoms with Crippen LogP contribution in [-0.4, -0.2) is 36.7 Å². The lowest BCUT2D eigenvalue weighted by Gasteiger charge is -2.24. The number of carbonyl (C=O) groups is 2. The first-order chi connectivity index (χ1) is 8.74. The van der Waals surface area contributed by atoms with E-state index in [0.717, 1.165) is 25.9 Å². The summed E-state index contributed by atoms with van der Waals surface area (Å²) in [6.07, 6.45) is 8.39. The van der Waals surface area contributed by atoms with Gasteiger partial charge in [-0.25, -0.2) is 9.59 Å². The number of ether oxygens (including phenoxy) is 2. The number of hydrogen-bond donors (Lipinski definition) is 0. The number of allylic oxidation sites excluding steroid dienone is 2. The molecule has 0 spiro atoms. The summed E-state index contributed by atoms with van der Waals surface area (Å²) in [4.78, 5) is 24.1. The maximum atomic E-state index is 11.5. The fourth-order valence-corrected chi connectivity index (χ4v) is 1.62. The summed E-state index contributed by atoms with van der Waals surface area (Å²) >= 11 is 0. The monoisotopic (exact) mass is 253 g/mol. The molecule has 1 saturated heterocycles. The van der Waals surface area contributed by atoms with Crippen LogP contribution in [0.2, 0.25) is 0 Å². The predicted octanol–water partition coefficient (Wildman–Crippen LogP) is 2.24. The van der Waals surface area contributed by atoms with Crippen molar-refractivity contribution in [2.75, 3.05) is 19.7 Å². The van der Waals surface area contributed by atoms with Gasteiger partial charge in [-0.05, 0) is 32.3 Å². The van der Waals surface area contributed by atoms with Crippen LogP contribution in [-0.2, 0) is 14.3 Å². The quantitative estimate of drug-likeness (QED) is 0.334. The lowest BCUT2D eigenvalue weighted by molar-refractivity contribution is -0.137. The molecule has 0 aliphatic carbocycles. The Hall–Kier alpha value is -1.78. The van der Waals surface area contributed by atoms with Gasteiger partial charge in [0.1, 0.15) is 0 Å². The molecule has 1 amide bonds. The van der Waals surface area contributed by atoms with Crippen molar-refractivity contribution in [3.8, 4) is 0 Å². The smallest absolute Gasteiger partial charge is 0.414 e. The maximum Gasteiger partial charge on any atom is 0.414 e. The minimum atomic E-state index is -0.412. The Kier molecular flexibility index (Phi) is 6.61. The van der Waals surface area contributed by atoms with Crippen LogP contribution in [0.5, 0.6) is 0 Å². The maximum absolute atomic E-state index is 11.5. The third kappa shape index (κ3) is 5.52. The van der Waals surface area contributed by atoms with Crippen LogP contribution in [0.25, 0.3) is 0 Å². The first kappa shape index (κ1) is 14.3. The Labute approximate surface area is 107 Å². The number of hydrogen-bond acceptors (Lipinski definition) is 4. The molecule has 1 heterocycles. The number of nitrogens with zero attached hydrogens (tertiary/aromatic N) is 1. The van der Waals surface area contributed by atoms with Crippen LogP contribution in [0.3, 0.4) is 0 Å². The van der Waals surface area contributed by atoms with E-state index in [2.05, 4.69) is 4.74 Å². The van der Waals surface area contributed by atoms with Crippen LogP contribution >= 0.6 is 0 Å². The van der Waals surface area contributed by atoms with Gasteiger partial charge in [-0.3, -0.25) is 0 Å². The molecule has 0 radical (unpaired) electrons. The lowest BCUT2D eigenvalue weighted by Crippen LogP contribution is -2.35. The van der Waals surface area contributed by atoms with Gasteiger partial charge in [0.05, 0.1) is 12.9 Å². The molecule has 1 aliphatic heterocycles.